The lowest BCUT2D eigenvalue weighted by atomic mass is 9.78. The molecule has 0 amide bonds. The summed E-state index contributed by atoms with van der Waals surface area (Å²) in [5.41, 5.74) is 7.08. The van der Waals surface area contributed by atoms with E-state index in [9.17, 15) is 4.79 Å². The second kappa shape index (κ2) is 5.42. The van der Waals surface area contributed by atoms with Crippen molar-refractivity contribution in [1.29, 1.82) is 0 Å². The molecule has 1 aliphatic rings. The van der Waals surface area contributed by atoms with E-state index in [-0.39, 0.29) is 11.7 Å². The lowest BCUT2D eigenvalue weighted by Gasteiger charge is -2.26. The number of ether oxygens (including phenoxy) is 1. The van der Waals surface area contributed by atoms with Gasteiger partial charge in [0, 0.05) is 17.2 Å². The Morgan fingerprint density at radius 1 is 1.39 bits per heavy atom. The van der Waals surface area contributed by atoms with E-state index >= 15 is 0 Å². The molecule has 1 saturated carbocycles. The molecular weight excluding hydrogens is 226 g/mol. The van der Waals surface area contributed by atoms with Crippen LogP contribution in [0, 0.1) is 11.8 Å². The quantitative estimate of drug-likeness (QED) is 0.658. The molecule has 2 N–H and O–H groups in total. The van der Waals surface area contributed by atoms with Crippen LogP contribution in [0.1, 0.15) is 43.0 Å². The molecule has 1 aromatic rings. The van der Waals surface area contributed by atoms with Gasteiger partial charge in [-0.15, -0.1) is 0 Å². The second-order valence-electron chi connectivity index (χ2n) is 5.29. The Morgan fingerprint density at radius 2 is 2.17 bits per heavy atom. The number of carbonyl (C=O) groups is 1. The summed E-state index contributed by atoms with van der Waals surface area (Å²) in [6, 6.07) is 5.30. The Kier molecular flexibility index (Phi) is 3.90. The zero-order valence-corrected chi connectivity index (χ0v) is 11.1. The third kappa shape index (κ3) is 2.66. The molecule has 0 spiro atoms. The fourth-order valence-corrected chi connectivity index (χ4v) is 2.77. The monoisotopic (exact) mass is 247 g/mol. The highest BCUT2D eigenvalue weighted by molar-refractivity contribution is 6.02. The number of carbonyl (C=O) groups excluding carboxylic acids is 1. The number of methoxy groups -OCH3 is 1. The Morgan fingerprint density at radius 3 is 2.83 bits per heavy atom. The molecule has 0 radical (unpaired) electrons. The van der Waals surface area contributed by atoms with E-state index in [2.05, 4.69) is 6.92 Å². The molecule has 98 valence electrons. The van der Waals surface area contributed by atoms with Gasteiger partial charge in [-0.25, -0.2) is 0 Å². The highest BCUT2D eigenvalue weighted by atomic mass is 16.5. The van der Waals surface area contributed by atoms with Gasteiger partial charge in [0.05, 0.1) is 7.11 Å². The number of nitrogen functional groups attached to an aromatic ring is 1. The maximum Gasteiger partial charge on any atom is 0.168 e. The first-order valence-corrected chi connectivity index (χ1v) is 6.59. The lowest BCUT2D eigenvalue weighted by Crippen LogP contribution is -2.22. The van der Waals surface area contributed by atoms with Crippen molar-refractivity contribution >= 4 is 11.5 Å². The summed E-state index contributed by atoms with van der Waals surface area (Å²) in [7, 11) is 1.60. The van der Waals surface area contributed by atoms with Crippen molar-refractivity contribution in [1.82, 2.24) is 0 Å². The summed E-state index contributed by atoms with van der Waals surface area (Å²) in [4.78, 5) is 12.5. The first-order chi connectivity index (χ1) is 8.61. The van der Waals surface area contributed by atoms with E-state index in [0.717, 1.165) is 19.3 Å². The molecule has 0 saturated heterocycles. The number of hydrogen-bond acceptors (Lipinski definition) is 3. The highest BCUT2D eigenvalue weighted by Crippen LogP contribution is 2.33. The topological polar surface area (TPSA) is 52.3 Å². The van der Waals surface area contributed by atoms with E-state index in [4.69, 9.17) is 10.5 Å². The molecule has 1 aromatic carbocycles. The molecular formula is C15H21NO2. The van der Waals surface area contributed by atoms with Crippen molar-refractivity contribution in [3.8, 4) is 5.75 Å². The number of ketones is 1. The van der Waals surface area contributed by atoms with Gasteiger partial charge < -0.3 is 10.5 Å². The summed E-state index contributed by atoms with van der Waals surface area (Å²) in [6.45, 7) is 2.22. The molecule has 0 aliphatic heterocycles. The average Bonchev–Trinajstić information content (AvgIpc) is 2.38. The summed E-state index contributed by atoms with van der Waals surface area (Å²) in [5, 5.41) is 0. The Labute approximate surface area is 108 Å². The van der Waals surface area contributed by atoms with Crippen molar-refractivity contribution in [2.45, 2.75) is 32.6 Å². The van der Waals surface area contributed by atoms with Crippen LogP contribution in [0.25, 0.3) is 0 Å². The van der Waals surface area contributed by atoms with Crippen LogP contribution in [0.4, 0.5) is 5.69 Å². The molecule has 3 nitrogen and oxygen atoms in total. The van der Waals surface area contributed by atoms with Crippen molar-refractivity contribution in [2.75, 3.05) is 12.8 Å². The number of anilines is 1. The predicted molar refractivity (Wildman–Crippen MR) is 72.9 cm³/mol. The number of hydrogen-bond donors (Lipinski definition) is 1. The molecule has 0 bridgehead atoms. The van der Waals surface area contributed by atoms with E-state index in [1.165, 1.54) is 6.42 Å². The van der Waals surface area contributed by atoms with Crippen molar-refractivity contribution < 1.29 is 9.53 Å². The van der Waals surface area contributed by atoms with Crippen LogP contribution in [0.5, 0.6) is 5.75 Å². The van der Waals surface area contributed by atoms with Crippen molar-refractivity contribution in [3.05, 3.63) is 23.8 Å². The number of rotatable bonds is 3. The Hall–Kier alpha value is -1.51. The summed E-state index contributed by atoms with van der Waals surface area (Å²) in [6.07, 6.45) is 4.34. The predicted octanol–water partition coefficient (Wildman–Crippen LogP) is 3.29. The third-order valence-electron chi connectivity index (χ3n) is 3.83. The molecule has 1 fully saturated rings. The minimum absolute atomic E-state index is 0.128. The van der Waals surface area contributed by atoms with Gasteiger partial charge in [0.25, 0.3) is 0 Å². The first kappa shape index (κ1) is 12.9. The van der Waals surface area contributed by atoms with E-state index in [0.29, 0.717) is 22.9 Å². The van der Waals surface area contributed by atoms with E-state index < -0.39 is 0 Å². The van der Waals surface area contributed by atoms with Gasteiger partial charge >= 0.3 is 0 Å². The smallest absolute Gasteiger partial charge is 0.168 e. The molecule has 3 heteroatoms. The zero-order chi connectivity index (χ0) is 13.1. The van der Waals surface area contributed by atoms with Crippen LogP contribution in [0.2, 0.25) is 0 Å². The molecule has 18 heavy (non-hydrogen) atoms. The highest BCUT2D eigenvalue weighted by Gasteiger charge is 2.27. The molecule has 0 aromatic heterocycles. The average molecular weight is 247 g/mol. The van der Waals surface area contributed by atoms with Crippen LogP contribution in [-0.2, 0) is 0 Å². The van der Waals surface area contributed by atoms with Crippen LogP contribution in [0.15, 0.2) is 18.2 Å². The van der Waals surface area contributed by atoms with Crippen LogP contribution < -0.4 is 10.5 Å². The van der Waals surface area contributed by atoms with E-state index in [1.54, 1.807) is 25.3 Å². The molecule has 2 unspecified atom stereocenters. The van der Waals surface area contributed by atoms with Crippen LogP contribution in [-0.4, -0.2) is 12.9 Å². The minimum Gasteiger partial charge on any atom is -0.497 e. The molecule has 2 rings (SSSR count). The van der Waals surface area contributed by atoms with Crippen LogP contribution in [0.3, 0.4) is 0 Å². The largest absolute Gasteiger partial charge is 0.497 e. The standard InChI is InChI=1S/C15H21NO2/c1-10-4-3-5-11(8-10)15(17)13-9-12(18-2)6-7-14(13)16/h6-7,9-11H,3-5,8,16H2,1-2H3. The third-order valence-corrected chi connectivity index (χ3v) is 3.83. The summed E-state index contributed by atoms with van der Waals surface area (Å²) in [5.74, 6) is 1.64. The molecule has 1 aliphatic carbocycles. The first-order valence-electron chi connectivity index (χ1n) is 6.59. The van der Waals surface area contributed by atoms with Gasteiger partial charge in [-0.3, -0.25) is 4.79 Å². The van der Waals surface area contributed by atoms with Gasteiger partial charge in [0.1, 0.15) is 5.75 Å². The SMILES string of the molecule is COc1ccc(N)c(C(=O)C2CCCC(C)C2)c1. The van der Waals surface area contributed by atoms with Gasteiger partial charge in [-0.1, -0.05) is 19.8 Å². The fourth-order valence-electron chi connectivity index (χ4n) is 2.77. The number of benzene rings is 1. The summed E-state index contributed by atoms with van der Waals surface area (Å²) < 4.78 is 5.16. The van der Waals surface area contributed by atoms with Crippen molar-refractivity contribution in [3.63, 3.8) is 0 Å². The minimum atomic E-state index is 0.128. The second-order valence-corrected chi connectivity index (χ2v) is 5.29. The number of nitrogens with two attached hydrogens (primary N) is 1. The van der Waals surface area contributed by atoms with Gasteiger partial charge in [0.15, 0.2) is 5.78 Å². The molecule has 0 heterocycles. The van der Waals surface area contributed by atoms with Crippen LogP contribution >= 0.6 is 0 Å². The summed E-state index contributed by atoms with van der Waals surface area (Å²) >= 11 is 0. The van der Waals surface area contributed by atoms with Gasteiger partial charge in [0.2, 0.25) is 0 Å². The van der Waals surface area contributed by atoms with Gasteiger partial charge in [-0.05, 0) is 37.0 Å². The van der Waals surface area contributed by atoms with Crippen molar-refractivity contribution in [2.24, 2.45) is 11.8 Å². The molecule has 2 atom stereocenters. The number of Topliss-reactive ketones (excluding diaryl/α,β-unsaturated/α-hetero) is 1. The normalized spacial score (nSPS) is 23.7. The fraction of sp³-hybridized carbons (Fsp3) is 0.533. The Balaban J connectivity index is 2.22. The van der Waals surface area contributed by atoms with Gasteiger partial charge in [-0.2, -0.15) is 0 Å². The zero-order valence-electron chi connectivity index (χ0n) is 11.1. The van der Waals surface area contributed by atoms with E-state index in [1.807, 2.05) is 0 Å². The maximum atomic E-state index is 12.5. The lowest BCUT2D eigenvalue weighted by molar-refractivity contribution is 0.0869. The maximum absolute atomic E-state index is 12.5. The Bertz CT molecular complexity index is 442.